The van der Waals surface area contributed by atoms with Crippen molar-refractivity contribution < 1.29 is 4.79 Å². The number of aromatic nitrogens is 2. The monoisotopic (exact) mass is 368 g/mol. The van der Waals surface area contributed by atoms with Gasteiger partial charge >= 0.3 is 6.03 Å². The van der Waals surface area contributed by atoms with Crippen LogP contribution in [0.25, 0.3) is 0 Å². The fourth-order valence-corrected chi connectivity index (χ4v) is 2.12. The first kappa shape index (κ1) is 18.3. The normalized spacial score (nSPS) is 11.7. The van der Waals surface area contributed by atoms with Gasteiger partial charge in [0.1, 0.15) is 5.82 Å². The molecular formula is C15H18Cl2N6O. The zero-order chi connectivity index (χ0) is 17.7. The minimum absolute atomic E-state index is 0.0189. The SMILES string of the molecule is Cc1cc(NCC(C)N)nc(NC(=O)Nc2ccc(Cl)c(Cl)c2)n1. The van der Waals surface area contributed by atoms with Crippen molar-refractivity contribution in [1.82, 2.24) is 9.97 Å². The highest BCUT2D eigenvalue weighted by atomic mass is 35.5. The van der Waals surface area contributed by atoms with E-state index in [2.05, 4.69) is 25.9 Å². The zero-order valence-electron chi connectivity index (χ0n) is 13.2. The first-order valence-corrected chi connectivity index (χ1v) is 7.97. The third kappa shape index (κ3) is 5.52. The van der Waals surface area contributed by atoms with E-state index in [1.165, 1.54) is 0 Å². The van der Waals surface area contributed by atoms with Crippen LogP contribution in [0.5, 0.6) is 0 Å². The minimum Gasteiger partial charge on any atom is -0.368 e. The van der Waals surface area contributed by atoms with Crippen LogP contribution in [-0.4, -0.2) is 28.6 Å². The highest BCUT2D eigenvalue weighted by molar-refractivity contribution is 6.42. The molecule has 0 aliphatic heterocycles. The first-order chi connectivity index (χ1) is 11.3. The van der Waals surface area contributed by atoms with Crippen LogP contribution in [0, 0.1) is 6.92 Å². The number of benzene rings is 1. The van der Waals surface area contributed by atoms with Gasteiger partial charge in [0.25, 0.3) is 0 Å². The Morgan fingerprint density at radius 2 is 1.96 bits per heavy atom. The second-order valence-electron chi connectivity index (χ2n) is 5.28. The summed E-state index contributed by atoms with van der Waals surface area (Å²) in [5, 5.41) is 9.05. The Bertz CT molecular complexity index is 738. The van der Waals surface area contributed by atoms with Gasteiger partial charge in [-0.05, 0) is 32.0 Å². The fraction of sp³-hybridized carbons (Fsp3) is 0.267. The van der Waals surface area contributed by atoms with E-state index in [4.69, 9.17) is 28.9 Å². The third-order valence-electron chi connectivity index (χ3n) is 2.86. The molecule has 0 saturated carbocycles. The molecule has 7 nitrogen and oxygen atoms in total. The maximum atomic E-state index is 12.0. The van der Waals surface area contributed by atoms with E-state index >= 15 is 0 Å². The number of urea groups is 1. The number of amides is 2. The minimum atomic E-state index is -0.489. The summed E-state index contributed by atoms with van der Waals surface area (Å²) < 4.78 is 0. The van der Waals surface area contributed by atoms with E-state index < -0.39 is 6.03 Å². The van der Waals surface area contributed by atoms with Crippen LogP contribution in [0.2, 0.25) is 10.0 Å². The summed E-state index contributed by atoms with van der Waals surface area (Å²) >= 11 is 11.8. The number of hydrogen-bond donors (Lipinski definition) is 4. The smallest absolute Gasteiger partial charge is 0.326 e. The molecule has 0 saturated heterocycles. The molecule has 0 spiro atoms. The molecule has 0 aliphatic rings. The number of nitrogens with one attached hydrogen (secondary N) is 3. The Hall–Kier alpha value is -2.09. The lowest BCUT2D eigenvalue weighted by Crippen LogP contribution is -2.26. The van der Waals surface area contributed by atoms with E-state index in [0.29, 0.717) is 33.8 Å². The molecule has 1 aromatic heterocycles. The quantitative estimate of drug-likeness (QED) is 0.646. The molecule has 0 fully saturated rings. The van der Waals surface area contributed by atoms with Gasteiger partial charge in [0.15, 0.2) is 0 Å². The number of hydrogen-bond acceptors (Lipinski definition) is 5. The summed E-state index contributed by atoms with van der Waals surface area (Å²) in [6.07, 6.45) is 0. The summed E-state index contributed by atoms with van der Waals surface area (Å²) in [5.41, 5.74) is 6.91. The van der Waals surface area contributed by atoms with Crippen LogP contribution in [0.1, 0.15) is 12.6 Å². The van der Waals surface area contributed by atoms with Gasteiger partial charge < -0.3 is 16.4 Å². The van der Waals surface area contributed by atoms with Gasteiger partial charge in [0, 0.05) is 30.0 Å². The summed E-state index contributed by atoms with van der Waals surface area (Å²) in [5.74, 6) is 0.768. The van der Waals surface area contributed by atoms with E-state index in [-0.39, 0.29) is 12.0 Å². The first-order valence-electron chi connectivity index (χ1n) is 7.21. The Balaban J connectivity index is 2.03. The van der Waals surface area contributed by atoms with Crippen molar-refractivity contribution in [2.24, 2.45) is 5.73 Å². The number of nitrogens with zero attached hydrogens (tertiary/aromatic N) is 2. The molecule has 0 radical (unpaired) electrons. The highest BCUT2D eigenvalue weighted by Gasteiger charge is 2.08. The lowest BCUT2D eigenvalue weighted by atomic mass is 10.3. The van der Waals surface area contributed by atoms with Crippen molar-refractivity contribution in [3.63, 3.8) is 0 Å². The number of nitrogens with two attached hydrogens (primary N) is 1. The van der Waals surface area contributed by atoms with Crippen molar-refractivity contribution in [2.75, 3.05) is 22.5 Å². The molecule has 1 heterocycles. The maximum absolute atomic E-state index is 12.0. The van der Waals surface area contributed by atoms with E-state index in [1.54, 1.807) is 31.2 Å². The molecule has 1 aromatic carbocycles. The predicted molar refractivity (Wildman–Crippen MR) is 98.0 cm³/mol. The largest absolute Gasteiger partial charge is 0.368 e. The Kier molecular flexibility index (Phi) is 6.19. The van der Waals surface area contributed by atoms with Gasteiger partial charge in [0.05, 0.1) is 10.0 Å². The Morgan fingerprint density at radius 1 is 1.21 bits per heavy atom. The molecule has 2 aromatic rings. The van der Waals surface area contributed by atoms with Crippen LogP contribution in [0.3, 0.4) is 0 Å². The molecule has 1 atom stereocenters. The van der Waals surface area contributed by atoms with Gasteiger partial charge in [-0.15, -0.1) is 0 Å². The molecule has 24 heavy (non-hydrogen) atoms. The second kappa shape index (κ2) is 8.14. The number of aryl methyl sites for hydroxylation is 1. The average Bonchev–Trinajstić information content (AvgIpc) is 2.48. The molecule has 2 amide bonds. The standard InChI is InChI=1S/C15H18Cl2N6O/c1-8(18)7-19-13-5-9(2)20-14(22-13)23-15(24)21-10-3-4-11(16)12(17)6-10/h3-6,8H,7,18H2,1-2H3,(H3,19,20,21,22,23,24). The van der Waals surface area contributed by atoms with Gasteiger partial charge in [-0.1, -0.05) is 23.2 Å². The van der Waals surface area contributed by atoms with E-state index in [9.17, 15) is 4.79 Å². The zero-order valence-corrected chi connectivity index (χ0v) is 14.7. The molecule has 128 valence electrons. The van der Waals surface area contributed by atoms with Crippen LogP contribution in [-0.2, 0) is 0 Å². The number of halogens is 2. The van der Waals surface area contributed by atoms with Crippen molar-refractivity contribution in [1.29, 1.82) is 0 Å². The van der Waals surface area contributed by atoms with Gasteiger partial charge in [-0.2, -0.15) is 4.98 Å². The average molecular weight is 369 g/mol. The Labute approximate surface area is 150 Å². The predicted octanol–water partition coefficient (Wildman–Crippen LogP) is 3.49. The molecule has 0 aliphatic carbocycles. The van der Waals surface area contributed by atoms with Crippen molar-refractivity contribution in [3.05, 3.63) is 40.0 Å². The fourth-order valence-electron chi connectivity index (χ4n) is 1.82. The van der Waals surface area contributed by atoms with Gasteiger partial charge in [0.2, 0.25) is 5.95 Å². The maximum Gasteiger partial charge on any atom is 0.326 e. The third-order valence-corrected chi connectivity index (χ3v) is 3.60. The number of rotatable bonds is 5. The highest BCUT2D eigenvalue weighted by Crippen LogP contribution is 2.25. The van der Waals surface area contributed by atoms with Crippen molar-refractivity contribution in [3.8, 4) is 0 Å². The lowest BCUT2D eigenvalue weighted by molar-refractivity contribution is 0.262. The summed E-state index contributed by atoms with van der Waals surface area (Å²) in [7, 11) is 0. The lowest BCUT2D eigenvalue weighted by Gasteiger charge is -2.11. The number of carbonyl (C=O) groups excluding carboxylic acids is 1. The summed E-state index contributed by atoms with van der Waals surface area (Å²) in [6, 6.07) is 6.05. The summed E-state index contributed by atoms with van der Waals surface area (Å²) in [6.45, 7) is 4.25. The molecule has 1 unspecified atom stereocenters. The van der Waals surface area contributed by atoms with Gasteiger partial charge in [-0.3, -0.25) is 5.32 Å². The molecule has 9 heteroatoms. The number of anilines is 3. The second-order valence-corrected chi connectivity index (χ2v) is 6.10. The molecule has 0 bridgehead atoms. The van der Waals surface area contributed by atoms with E-state index in [0.717, 1.165) is 0 Å². The van der Waals surface area contributed by atoms with Crippen molar-refractivity contribution >= 4 is 46.7 Å². The topological polar surface area (TPSA) is 105 Å². The van der Waals surface area contributed by atoms with Crippen LogP contribution < -0.4 is 21.7 Å². The van der Waals surface area contributed by atoms with Crippen molar-refractivity contribution in [2.45, 2.75) is 19.9 Å². The Morgan fingerprint density at radius 3 is 2.62 bits per heavy atom. The summed E-state index contributed by atoms with van der Waals surface area (Å²) in [4.78, 5) is 20.4. The van der Waals surface area contributed by atoms with Gasteiger partial charge in [-0.25, -0.2) is 9.78 Å². The number of carbonyl (C=O) groups is 1. The molecule has 2 rings (SSSR count). The van der Waals surface area contributed by atoms with E-state index in [1.807, 2.05) is 6.92 Å². The van der Waals surface area contributed by atoms with Crippen LogP contribution in [0.4, 0.5) is 22.2 Å². The van der Waals surface area contributed by atoms with Crippen LogP contribution in [0.15, 0.2) is 24.3 Å². The van der Waals surface area contributed by atoms with Crippen LogP contribution >= 0.6 is 23.2 Å². The molecular weight excluding hydrogens is 351 g/mol. The molecule has 5 N–H and O–H groups in total.